The van der Waals surface area contributed by atoms with Gasteiger partial charge in [0.15, 0.2) is 5.11 Å². The molecule has 2 aromatic rings. The van der Waals surface area contributed by atoms with Gasteiger partial charge in [-0.25, -0.2) is 4.79 Å². The third kappa shape index (κ3) is 4.15. The summed E-state index contributed by atoms with van der Waals surface area (Å²) >= 11 is 6.75. The second-order valence-corrected chi connectivity index (χ2v) is 6.40. The van der Waals surface area contributed by atoms with Crippen LogP contribution in [0.25, 0.3) is 0 Å². The van der Waals surface area contributed by atoms with E-state index in [1.165, 1.54) is 18.4 Å². The van der Waals surface area contributed by atoms with Crippen LogP contribution >= 0.6 is 23.6 Å². The molecule has 128 valence electrons. The number of anilines is 2. The van der Waals surface area contributed by atoms with Crippen molar-refractivity contribution in [2.45, 2.75) is 6.92 Å². The molecule has 1 heterocycles. The lowest BCUT2D eigenvalue weighted by molar-refractivity contribution is 0.0602. The van der Waals surface area contributed by atoms with Gasteiger partial charge in [0.05, 0.1) is 32.6 Å². The van der Waals surface area contributed by atoms with Crippen molar-refractivity contribution in [3.05, 3.63) is 34.7 Å². The molecule has 0 bridgehead atoms. The lowest BCUT2D eigenvalue weighted by Crippen LogP contribution is -2.20. The maximum absolute atomic E-state index is 11.8. The summed E-state index contributed by atoms with van der Waals surface area (Å²) in [6.45, 7) is 1.91. The van der Waals surface area contributed by atoms with Crippen LogP contribution < -0.4 is 20.1 Å². The van der Waals surface area contributed by atoms with E-state index in [2.05, 4.69) is 10.6 Å². The summed E-state index contributed by atoms with van der Waals surface area (Å²) in [5, 5.41) is 7.04. The fraction of sp³-hybridized carbons (Fsp3) is 0.250. The third-order valence-electron chi connectivity index (χ3n) is 3.14. The lowest BCUT2D eigenvalue weighted by atomic mass is 10.2. The highest BCUT2D eigenvalue weighted by molar-refractivity contribution is 7.80. The van der Waals surface area contributed by atoms with E-state index in [9.17, 15) is 4.79 Å². The molecule has 0 aliphatic rings. The monoisotopic (exact) mass is 366 g/mol. The molecule has 0 unspecified atom stereocenters. The van der Waals surface area contributed by atoms with Crippen molar-refractivity contribution in [3.8, 4) is 11.5 Å². The van der Waals surface area contributed by atoms with Crippen LogP contribution in [0, 0.1) is 6.92 Å². The molecule has 0 saturated carbocycles. The van der Waals surface area contributed by atoms with Crippen LogP contribution in [-0.2, 0) is 4.74 Å². The number of benzene rings is 1. The SMILES string of the molecule is COC(=O)c1cc(C)sc1NC(=S)Nc1ccc(OC)cc1OC. The molecule has 1 aromatic heterocycles. The van der Waals surface area contributed by atoms with E-state index < -0.39 is 5.97 Å². The van der Waals surface area contributed by atoms with Crippen molar-refractivity contribution in [1.29, 1.82) is 0 Å². The van der Waals surface area contributed by atoms with Crippen molar-refractivity contribution in [2.75, 3.05) is 32.0 Å². The maximum Gasteiger partial charge on any atom is 0.340 e. The van der Waals surface area contributed by atoms with Crippen LogP contribution in [-0.4, -0.2) is 32.4 Å². The molecular weight excluding hydrogens is 348 g/mol. The number of esters is 1. The van der Waals surface area contributed by atoms with E-state index in [4.69, 9.17) is 26.4 Å². The minimum atomic E-state index is -0.410. The normalized spacial score (nSPS) is 10.0. The van der Waals surface area contributed by atoms with Gasteiger partial charge in [0.1, 0.15) is 16.5 Å². The van der Waals surface area contributed by atoms with Crippen molar-refractivity contribution >= 4 is 45.3 Å². The van der Waals surface area contributed by atoms with Gasteiger partial charge in [-0.3, -0.25) is 0 Å². The Morgan fingerprint density at radius 2 is 1.88 bits per heavy atom. The second-order valence-electron chi connectivity index (χ2n) is 4.74. The first kappa shape index (κ1) is 18.0. The summed E-state index contributed by atoms with van der Waals surface area (Å²) in [4.78, 5) is 12.8. The Bertz CT molecular complexity index is 759. The van der Waals surface area contributed by atoms with Gasteiger partial charge in [-0.05, 0) is 37.3 Å². The van der Waals surface area contributed by atoms with Gasteiger partial charge in [0.2, 0.25) is 0 Å². The van der Waals surface area contributed by atoms with E-state index in [0.29, 0.717) is 32.9 Å². The highest BCUT2D eigenvalue weighted by Crippen LogP contribution is 2.31. The average molecular weight is 366 g/mol. The summed E-state index contributed by atoms with van der Waals surface area (Å²) in [5.74, 6) is 0.860. The predicted octanol–water partition coefficient (Wildman–Crippen LogP) is 3.67. The molecule has 24 heavy (non-hydrogen) atoms. The molecule has 2 rings (SSSR count). The number of hydrogen-bond donors (Lipinski definition) is 2. The van der Waals surface area contributed by atoms with Gasteiger partial charge < -0.3 is 24.8 Å². The zero-order valence-corrected chi connectivity index (χ0v) is 15.4. The van der Waals surface area contributed by atoms with Gasteiger partial charge in [0, 0.05) is 10.9 Å². The number of carbonyl (C=O) groups excluding carboxylic acids is 1. The number of aryl methyl sites for hydroxylation is 1. The maximum atomic E-state index is 11.8. The first-order chi connectivity index (χ1) is 11.5. The zero-order chi connectivity index (χ0) is 17.7. The quantitative estimate of drug-likeness (QED) is 0.618. The molecule has 0 radical (unpaired) electrons. The van der Waals surface area contributed by atoms with Crippen molar-refractivity contribution in [1.82, 2.24) is 0 Å². The molecule has 0 amide bonds. The number of ether oxygens (including phenoxy) is 3. The summed E-state index contributed by atoms with van der Waals surface area (Å²) in [6, 6.07) is 7.10. The Balaban J connectivity index is 2.16. The van der Waals surface area contributed by atoms with Crippen molar-refractivity contribution in [3.63, 3.8) is 0 Å². The minimum absolute atomic E-state index is 0.338. The standard InChI is InChI=1S/C16H18N2O4S2/c1-9-7-11(15(19)22-4)14(24-9)18-16(23)17-12-6-5-10(20-2)8-13(12)21-3/h5-8H,1-4H3,(H2,17,18,23). The van der Waals surface area contributed by atoms with Crippen LogP contribution in [0.3, 0.4) is 0 Å². The minimum Gasteiger partial charge on any atom is -0.497 e. The fourth-order valence-electron chi connectivity index (χ4n) is 2.03. The van der Waals surface area contributed by atoms with Crippen LogP contribution in [0.15, 0.2) is 24.3 Å². The van der Waals surface area contributed by atoms with Crippen LogP contribution in [0.5, 0.6) is 11.5 Å². The number of thiophene rings is 1. The third-order valence-corrected chi connectivity index (χ3v) is 4.31. The van der Waals surface area contributed by atoms with E-state index in [1.807, 2.05) is 6.92 Å². The largest absolute Gasteiger partial charge is 0.497 e. The van der Waals surface area contributed by atoms with Crippen LogP contribution in [0.2, 0.25) is 0 Å². The number of methoxy groups -OCH3 is 3. The molecule has 0 aliphatic heterocycles. The van der Waals surface area contributed by atoms with E-state index in [1.54, 1.807) is 38.5 Å². The Labute approximate surface area is 149 Å². The number of rotatable bonds is 5. The molecule has 1 aromatic carbocycles. The molecule has 0 aliphatic carbocycles. The molecule has 2 N–H and O–H groups in total. The molecule has 0 atom stereocenters. The van der Waals surface area contributed by atoms with E-state index >= 15 is 0 Å². The van der Waals surface area contributed by atoms with Gasteiger partial charge in [-0.2, -0.15) is 0 Å². The van der Waals surface area contributed by atoms with E-state index in [-0.39, 0.29) is 0 Å². The molecule has 8 heteroatoms. The van der Waals surface area contributed by atoms with Gasteiger partial charge in [-0.1, -0.05) is 0 Å². The van der Waals surface area contributed by atoms with E-state index in [0.717, 1.165) is 4.88 Å². The van der Waals surface area contributed by atoms with Gasteiger partial charge in [-0.15, -0.1) is 11.3 Å². The highest BCUT2D eigenvalue weighted by atomic mass is 32.1. The predicted molar refractivity (Wildman–Crippen MR) is 99.8 cm³/mol. The highest BCUT2D eigenvalue weighted by Gasteiger charge is 2.16. The summed E-state index contributed by atoms with van der Waals surface area (Å²) < 4.78 is 15.3. The molecule has 0 fully saturated rings. The van der Waals surface area contributed by atoms with Crippen LogP contribution in [0.1, 0.15) is 15.2 Å². The van der Waals surface area contributed by atoms with Gasteiger partial charge in [0.25, 0.3) is 0 Å². The fourth-order valence-corrected chi connectivity index (χ4v) is 3.21. The number of thiocarbonyl (C=S) groups is 1. The summed E-state index contributed by atoms with van der Waals surface area (Å²) in [5.41, 5.74) is 1.13. The smallest absolute Gasteiger partial charge is 0.340 e. The first-order valence-electron chi connectivity index (χ1n) is 6.97. The van der Waals surface area contributed by atoms with Crippen LogP contribution in [0.4, 0.5) is 10.7 Å². The number of nitrogens with one attached hydrogen (secondary N) is 2. The number of carbonyl (C=O) groups is 1. The number of hydrogen-bond acceptors (Lipinski definition) is 6. The Hall–Kier alpha value is -2.32. The average Bonchev–Trinajstić information content (AvgIpc) is 2.94. The Morgan fingerprint density at radius 3 is 2.50 bits per heavy atom. The molecule has 0 spiro atoms. The second kappa shape index (κ2) is 7.98. The summed E-state index contributed by atoms with van der Waals surface area (Å²) in [7, 11) is 4.49. The summed E-state index contributed by atoms with van der Waals surface area (Å²) in [6.07, 6.45) is 0. The topological polar surface area (TPSA) is 68.8 Å². The van der Waals surface area contributed by atoms with Crippen molar-refractivity contribution in [2.24, 2.45) is 0 Å². The zero-order valence-electron chi connectivity index (χ0n) is 13.8. The Kier molecular flexibility index (Phi) is 5.99. The molecule has 6 nitrogen and oxygen atoms in total. The Morgan fingerprint density at radius 1 is 1.12 bits per heavy atom. The lowest BCUT2D eigenvalue weighted by Gasteiger charge is -2.14. The van der Waals surface area contributed by atoms with Crippen molar-refractivity contribution < 1.29 is 19.0 Å². The molecule has 0 saturated heterocycles. The van der Waals surface area contributed by atoms with Gasteiger partial charge >= 0.3 is 5.97 Å². The first-order valence-corrected chi connectivity index (χ1v) is 8.19. The molecular formula is C16H18N2O4S2.